The molecule has 0 aromatic heterocycles. The van der Waals surface area contributed by atoms with Gasteiger partial charge in [0.25, 0.3) is 0 Å². The second-order valence-corrected chi connectivity index (χ2v) is 1.65. The smallest absolute Gasteiger partial charge is 0.0785 e. The van der Waals surface area contributed by atoms with Crippen molar-refractivity contribution in [1.29, 1.82) is 0 Å². The van der Waals surface area contributed by atoms with Crippen molar-refractivity contribution in [2.45, 2.75) is 6.92 Å². The Bertz CT molecular complexity index is 139. The molecule has 0 atom stereocenters. The molecule has 0 amide bonds. The molecule has 0 radical (unpaired) electrons. The van der Waals surface area contributed by atoms with E-state index in [0.717, 1.165) is 0 Å². The highest BCUT2D eigenvalue weighted by Crippen LogP contribution is 1.92. The largest absolute Gasteiger partial charge is 0.255 e. The summed E-state index contributed by atoms with van der Waals surface area (Å²) in [5.41, 5.74) is 1.32. The summed E-state index contributed by atoms with van der Waals surface area (Å²) in [6, 6.07) is 10.3. The Morgan fingerprint density at radius 1 is 0.909 bits per heavy atom. The fourth-order valence-corrected chi connectivity index (χ4v) is 0.534. The Morgan fingerprint density at radius 2 is 1.27 bits per heavy atom. The van der Waals surface area contributed by atoms with E-state index in [4.69, 9.17) is 9.15 Å². The van der Waals surface area contributed by atoms with Crippen molar-refractivity contribution in [1.82, 2.24) is 0 Å². The van der Waals surface area contributed by atoms with Crippen molar-refractivity contribution in [3.8, 4) is 0 Å². The van der Waals surface area contributed by atoms with E-state index in [1.165, 1.54) is 5.56 Å². The Kier molecular flexibility index (Phi) is 13.5. The summed E-state index contributed by atoms with van der Waals surface area (Å²) in [5, 5.41) is 0. The number of alkyl halides is 1. The summed E-state index contributed by atoms with van der Waals surface area (Å²) < 4.78 is 25.5. The number of hydrogen-bond acceptors (Lipinski definition) is 0. The number of benzene rings is 1. The zero-order chi connectivity index (χ0) is 9.11. The molecule has 64 valence electrons. The molecule has 0 aliphatic rings. The molecule has 0 heterocycles. The van der Waals surface area contributed by atoms with Gasteiger partial charge < -0.3 is 0 Å². The van der Waals surface area contributed by atoms with Gasteiger partial charge in [0.15, 0.2) is 0 Å². The number of halogens is 3. The summed E-state index contributed by atoms with van der Waals surface area (Å²) in [6.07, 6.45) is 0. The van der Waals surface area contributed by atoms with Crippen LogP contribution in [0, 0.1) is 6.92 Å². The summed E-state index contributed by atoms with van der Waals surface area (Å²) in [6.45, 7) is 2.08. The van der Waals surface area contributed by atoms with Crippen molar-refractivity contribution in [3.05, 3.63) is 35.9 Å². The fraction of sp³-hybridized carbons (Fsp3) is 0.250. The first kappa shape index (κ1) is 12.7. The molecule has 0 aliphatic carbocycles. The molecular formula is C8H11F3. The lowest BCUT2D eigenvalue weighted by molar-refractivity contribution is 0.108. The van der Waals surface area contributed by atoms with E-state index in [1.807, 2.05) is 18.2 Å². The standard InChI is InChI=1S/C7H8.CH3F.F2/c1-7-5-3-2-4-6-7;2*1-2/h2-6H,1H3;1H3;. The normalized spacial score (nSPS) is 6.64. The van der Waals surface area contributed by atoms with Crippen LogP contribution in [0.2, 0.25) is 0 Å². The second kappa shape index (κ2) is 11.8. The molecule has 11 heavy (non-hydrogen) atoms. The van der Waals surface area contributed by atoms with Gasteiger partial charge >= 0.3 is 0 Å². The van der Waals surface area contributed by atoms with E-state index < -0.39 is 0 Å². The van der Waals surface area contributed by atoms with Crippen LogP contribution in [0.3, 0.4) is 0 Å². The quantitative estimate of drug-likeness (QED) is 0.551. The van der Waals surface area contributed by atoms with Crippen molar-refractivity contribution >= 4 is 0 Å². The van der Waals surface area contributed by atoms with Gasteiger partial charge in [0, 0.05) is 9.15 Å². The van der Waals surface area contributed by atoms with E-state index in [1.54, 1.807) is 0 Å². The van der Waals surface area contributed by atoms with Crippen molar-refractivity contribution in [2.24, 2.45) is 0 Å². The highest BCUT2D eigenvalue weighted by Gasteiger charge is 1.72. The predicted molar refractivity (Wildman–Crippen MR) is 40.4 cm³/mol. The third kappa shape index (κ3) is 9.01. The van der Waals surface area contributed by atoms with Gasteiger partial charge in [-0.3, -0.25) is 4.39 Å². The van der Waals surface area contributed by atoms with Crippen LogP contribution in [0.5, 0.6) is 0 Å². The number of hydrogen-bond donors (Lipinski definition) is 0. The second-order valence-electron chi connectivity index (χ2n) is 1.65. The Labute approximate surface area is 64.5 Å². The minimum Gasteiger partial charge on any atom is -0.255 e. The minimum atomic E-state index is 0.500. The molecule has 0 bridgehead atoms. The van der Waals surface area contributed by atoms with Gasteiger partial charge in [-0.2, -0.15) is 0 Å². The first-order valence-electron chi connectivity index (χ1n) is 2.93. The molecule has 0 saturated heterocycles. The third-order valence-corrected chi connectivity index (χ3v) is 0.940. The Morgan fingerprint density at radius 3 is 1.45 bits per heavy atom. The molecular weight excluding hydrogens is 153 g/mol. The SMILES string of the molecule is CF.Cc1ccccc1.FF. The van der Waals surface area contributed by atoms with E-state index in [2.05, 4.69) is 19.1 Å². The van der Waals surface area contributed by atoms with Gasteiger partial charge in [-0.05, 0) is 6.92 Å². The number of rotatable bonds is 0. The molecule has 0 aliphatic heterocycles. The summed E-state index contributed by atoms with van der Waals surface area (Å²) in [5.74, 6) is 0. The molecule has 0 saturated carbocycles. The maximum atomic E-state index is 9.50. The molecule has 0 N–H and O–H groups in total. The lowest BCUT2D eigenvalue weighted by Gasteiger charge is -1.82. The molecule has 1 rings (SSSR count). The molecule has 0 nitrogen and oxygen atoms in total. The van der Waals surface area contributed by atoms with Gasteiger partial charge in [0.1, 0.15) is 0 Å². The Balaban J connectivity index is 0. The van der Waals surface area contributed by atoms with Gasteiger partial charge in [0.2, 0.25) is 0 Å². The minimum absolute atomic E-state index is 0.500. The first-order chi connectivity index (χ1) is 5.39. The lowest BCUT2D eigenvalue weighted by Crippen LogP contribution is -1.62. The third-order valence-electron chi connectivity index (χ3n) is 0.940. The van der Waals surface area contributed by atoms with E-state index in [9.17, 15) is 4.39 Å². The topological polar surface area (TPSA) is 0 Å². The maximum absolute atomic E-state index is 9.50. The zero-order valence-electron chi connectivity index (χ0n) is 6.52. The highest BCUT2D eigenvalue weighted by atomic mass is 20.0. The van der Waals surface area contributed by atoms with Crippen LogP contribution in [0.4, 0.5) is 13.5 Å². The first-order valence-corrected chi connectivity index (χ1v) is 2.93. The van der Waals surface area contributed by atoms with E-state index in [-0.39, 0.29) is 0 Å². The summed E-state index contributed by atoms with van der Waals surface area (Å²) in [4.78, 5) is 0. The number of aryl methyl sites for hydroxylation is 1. The van der Waals surface area contributed by atoms with Crippen molar-refractivity contribution in [2.75, 3.05) is 7.18 Å². The van der Waals surface area contributed by atoms with Gasteiger partial charge in [-0.25, -0.2) is 0 Å². The van der Waals surface area contributed by atoms with E-state index in [0.29, 0.717) is 7.18 Å². The van der Waals surface area contributed by atoms with Crippen LogP contribution >= 0.6 is 0 Å². The van der Waals surface area contributed by atoms with Gasteiger partial charge in [-0.15, -0.1) is 0 Å². The van der Waals surface area contributed by atoms with Crippen LogP contribution in [-0.2, 0) is 0 Å². The van der Waals surface area contributed by atoms with Crippen LogP contribution in [0.1, 0.15) is 5.56 Å². The molecule has 0 unspecified atom stereocenters. The molecule has 0 spiro atoms. The van der Waals surface area contributed by atoms with Gasteiger partial charge in [0.05, 0.1) is 7.18 Å². The van der Waals surface area contributed by atoms with Crippen LogP contribution in [0.15, 0.2) is 30.3 Å². The predicted octanol–water partition coefficient (Wildman–Crippen LogP) is 3.42. The summed E-state index contributed by atoms with van der Waals surface area (Å²) in [7, 11) is 0.500. The molecule has 1 aromatic carbocycles. The van der Waals surface area contributed by atoms with Crippen molar-refractivity contribution in [3.63, 3.8) is 0 Å². The molecule has 0 fully saturated rings. The van der Waals surface area contributed by atoms with Crippen LogP contribution in [0.25, 0.3) is 0 Å². The van der Waals surface area contributed by atoms with Crippen LogP contribution in [-0.4, -0.2) is 7.18 Å². The zero-order valence-corrected chi connectivity index (χ0v) is 6.52. The maximum Gasteiger partial charge on any atom is 0.0785 e. The monoisotopic (exact) mass is 164 g/mol. The Hall–Kier alpha value is -0.990. The van der Waals surface area contributed by atoms with Crippen molar-refractivity contribution < 1.29 is 13.5 Å². The summed E-state index contributed by atoms with van der Waals surface area (Å²) >= 11 is 0. The van der Waals surface area contributed by atoms with Gasteiger partial charge in [-0.1, -0.05) is 35.9 Å². The molecule has 3 heteroatoms. The average molecular weight is 164 g/mol. The highest BCUT2D eigenvalue weighted by molar-refractivity contribution is 5.11. The van der Waals surface area contributed by atoms with E-state index >= 15 is 0 Å². The average Bonchev–Trinajstić information content (AvgIpc) is 2.13. The lowest BCUT2D eigenvalue weighted by atomic mass is 10.2. The fourth-order valence-electron chi connectivity index (χ4n) is 0.534. The molecule has 1 aromatic rings. The van der Waals surface area contributed by atoms with Crippen LogP contribution < -0.4 is 0 Å².